The van der Waals surface area contributed by atoms with Gasteiger partial charge in [0.05, 0.1) is 0 Å². The highest BCUT2D eigenvalue weighted by atomic mass is 35.5. The monoisotopic (exact) mass is 280 g/mol. The van der Waals surface area contributed by atoms with Crippen LogP contribution in [0.1, 0.15) is 49.0 Å². The van der Waals surface area contributed by atoms with E-state index in [0.29, 0.717) is 18.2 Å². The van der Waals surface area contributed by atoms with Crippen LogP contribution in [0.4, 0.5) is 5.82 Å². The Bertz CT molecular complexity index is 470. The molecule has 1 aromatic rings. The maximum Gasteiger partial charge on any atom is 0.270 e. The molecule has 1 aromatic heterocycles. The number of carbonyl (C=O) groups is 2. The van der Waals surface area contributed by atoms with E-state index < -0.39 is 5.24 Å². The van der Waals surface area contributed by atoms with Crippen LogP contribution in [0.15, 0.2) is 18.2 Å². The third kappa shape index (κ3) is 4.31. The summed E-state index contributed by atoms with van der Waals surface area (Å²) in [6, 6.07) is 4.83. The van der Waals surface area contributed by atoms with Crippen molar-refractivity contribution in [1.29, 1.82) is 0 Å². The molecule has 0 saturated heterocycles. The third-order valence-electron chi connectivity index (χ3n) is 3.42. The van der Waals surface area contributed by atoms with Gasteiger partial charge >= 0.3 is 0 Å². The van der Waals surface area contributed by atoms with Crippen molar-refractivity contribution in [3.05, 3.63) is 23.9 Å². The third-order valence-corrected chi connectivity index (χ3v) is 3.61. The molecule has 5 heteroatoms. The Hall–Kier alpha value is -1.42. The quantitative estimate of drug-likeness (QED) is 0.860. The van der Waals surface area contributed by atoms with Crippen LogP contribution in [0.25, 0.3) is 0 Å². The molecule has 2 rings (SSSR count). The van der Waals surface area contributed by atoms with Gasteiger partial charge in [0.15, 0.2) is 0 Å². The fraction of sp³-hybridized carbons (Fsp3) is 0.500. The van der Waals surface area contributed by atoms with Gasteiger partial charge < -0.3 is 5.32 Å². The summed E-state index contributed by atoms with van der Waals surface area (Å²) in [5, 5.41) is 2.10. The molecule has 0 aromatic carbocycles. The largest absolute Gasteiger partial charge is 0.311 e. The Balaban J connectivity index is 1.90. The Labute approximate surface area is 117 Å². The molecule has 0 aliphatic heterocycles. The van der Waals surface area contributed by atoms with Crippen molar-refractivity contribution in [2.24, 2.45) is 5.92 Å². The number of nitrogens with zero attached hydrogens (tertiary/aromatic N) is 1. The zero-order valence-electron chi connectivity index (χ0n) is 10.7. The van der Waals surface area contributed by atoms with Crippen LogP contribution >= 0.6 is 11.6 Å². The van der Waals surface area contributed by atoms with Gasteiger partial charge in [-0.15, -0.1) is 0 Å². The number of halogens is 1. The highest BCUT2D eigenvalue weighted by Gasteiger charge is 2.17. The lowest BCUT2D eigenvalue weighted by molar-refractivity contribution is -0.117. The minimum absolute atomic E-state index is 0.0430. The number of hydrogen-bond donors (Lipinski definition) is 1. The molecule has 4 nitrogen and oxygen atoms in total. The zero-order valence-corrected chi connectivity index (χ0v) is 11.4. The van der Waals surface area contributed by atoms with Gasteiger partial charge in [0, 0.05) is 6.42 Å². The molecule has 0 radical (unpaired) electrons. The maximum absolute atomic E-state index is 11.9. The van der Waals surface area contributed by atoms with Crippen LogP contribution in [0, 0.1) is 5.92 Å². The molecule has 0 atom stereocenters. The van der Waals surface area contributed by atoms with E-state index in [0.717, 1.165) is 12.8 Å². The normalized spacial score (nSPS) is 16.1. The van der Waals surface area contributed by atoms with Crippen molar-refractivity contribution in [2.75, 3.05) is 5.32 Å². The lowest BCUT2D eigenvalue weighted by Crippen LogP contribution is -2.19. The van der Waals surface area contributed by atoms with Gasteiger partial charge in [0.1, 0.15) is 11.5 Å². The molecule has 1 aliphatic carbocycles. The summed E-state index contributed by atoms with van der Waals surface area (Å²) in [4.78, 5) is 26.9. The van der Waals surface area contributed by atoms with Crippen LogP contribution in [0.3, 0.4) is 0 Å². The predicted molar refractivity (Wildman–Crippen MR) is 74.2 cm³/mol. The van der Waals surface area contributed by atoms with E-state index in [1.165, 1.54) is 25.3 Å². The summed E-state index contributed by atoms with van der Waals surface area (Å²) in [6.45, 7) is 0. The topological polar surface area (TPSA) is 59.1 Å². The van der Waals surface area contributed by atoms with E-state index in [1.54, 1.807) is 12.1 Å². The Morgan fingerprint density at radius 2 is 2.00 bits per heavy atom. The fourth-order valence-corrected chi connectivity index (χ4v) is 2.57. The van der Waals surface area contributed by atoms with Crippen molar-refractivity contribution in [3.8, 4) is 0 Å². The van der Waals surface area contributed by atoms with E-state index >= 15 is 0 Å². The molecule has 1 saturated carbocycles. The molecule has 0 unspecified atom stereocenters. The first-order chi connectivity index (χ1) is 9.15. The first kappa shape index (κ1) is 14.0. The first-order valence-electron chi connectivity index (χ1n) is 6.62. The van der Waals surface area contributed by atoms with E-state index in [9.17, 15) is 9.59 Å². The molecular weight excluding hydrogens is 264 g/mol. The van der Waals surface area contributed by atoms with Gasteiger partial charge in [-0.05, 0) is 42.5 Å². The summed E-state index contributed by atoms with van der Waals surface area (Å²) in [5.74, 6) is 0.817. The summed E-state index contributed by atoms with van der Waals surface area (Å²) in [5.41, 5.74) is 0.150. The van der Waals surface area contributed by atoms with E-state index in [2.05, 4.69) is 10.3 Å². The number of carbonyl (C=O) groups excluding carboxylic acids is 2. The average molecular weight is 281 g/mol. The van der Waals surface area contributed by atoms with Crippen LogP contribution in [0.5, 0.6) is 0 Å². The SMILES string of the molecule is O=C(CC1CCCCC1)Nc1cccc(C(=O)Cl)n1. The van der Waals surface area contributed by atoms with Gasteiger partial charge in [0.2, 0.25) is 5.91 Å². The number of pyridine rings is 1. The lowest BCUT2D eigenvalue weighted by Gasteiger charge is -2.20. The Kier molecular flexibility index (Phi) is 4.91. The van der Waals surface area contributed by atoms with Crippen LogP contribution in [-0.2, 0) is 4.79 Å². The predicted octanol–water partition coefficient (Wildman–Crippen LogP) is 3.37. The van der Waals surface area contributed by atoms with Crippen LogP contribution in [0.2, 0.25) is 0 Å². The average Bonchev–Trinajstić information content (AvgIpc) is 2.40. The number of hydrogen-bond acceptors (Lipinski definition) is 3. The summed E-state index contributed by atoms with van der Waals surface area (Å²) in [7, 11) is 0. The minimum Gasteiger partial charge on any atom is -0.311 e. The van der Waals surface area contributed by atoms with Crippen LogP contribution < -0.4 is 5.32 Å². The molecule has 19 heavy (non-hydrogen) atoms. The molecule has 1 fully saturated rings. The van der Waals surface area contributed by atoms with Gasteiger partial charge in [-0.1, -0.05) is 25.3 Å². The number of nitrogens with one attached hydrogen (secondary N) is 1. The molecule has 102 valence electrons. The van der Waals surface area contributed by atoms with E-state index in [1.807, 2.05) is 0 Å². The van der Waals surface area contributed by atoms with Gasteiger partial charge in [-0.2, -0.15) is 0 Å². The molecular formula is C14H17ClN2O2. The first-order valence-corrected chi connectivity index (χ1v) is 6.99. The minimum atomic E-state index is -0.622. The molecule has 1 heterocycles. The summed E-state index contributed by atoms with van der Waals surface area (Å²) in [6.07, 6.45) is 6.49. The van der Waals surface area contributed by atoms with E-state index in [-0.39, 0.29) is 11.6 Å². The summed E-state index contributed by atoms with van der Waals surface area (Å²) >= 11 is 5.35. The molecule has 1 aliphatic rings. The highest BCUT2D eigenvalue weighted by molar-refractivity contribution is 6.67. The Morgan fingerprint density at radius 3 is 2.68 bits per heavy atom. The number of anilines is 1. The van der Waals surface area contributed by atoms with Gasteiger partial charge in [-0.3, -0.25) is 9.59 Å². The van der Waals surface area contributed by atoms with Crippen molar-refractivity contribution in [1.82, 2.24) is 4.98 Å². The zero-order chi connectivity index (χ0) is 13.7. The number of amides is 1. The van der Waals surface area contributed by atoms with E-state index in [4.69, 9.17) is 11.6 Å². The van der Waals surface area contributed by atoms with Crippen molar-refractivity contribution >= 4 is 28.6 Å². The van der Waals surface area contributed by atoms with Gasteiger partial charge in [0.25, 0.3) is 5.24 Å². The van der Waals surface area contributed by atoms with Gasteiger partial charge in [-0.25, -0.2) is 4.98 Å². The van der Waals surface area contributed by atoms with Crippen molar-refractivity contribution in [2.45, 2.75) is 38.5 Å². The second-order valence-electron chi connectivity index (χ2n) is 4.94. The van der Waals surface area contributed by atoms with Crippen LogP contribution in [-0.4, -0.2) is 16.1 Å². The Morgan fingerprint density at radius 1 is 1.26 bits per heavy atom. The standard InChI is InChI=1S/C14H17ClN2O2/c15-14(19)11-7-4-8-12(16-11)17-13(18)9-10-5-2-1-3-6-10/h4,7-8,10H,1-3,5-6,9H2,(H,16,17,18). The number of aromatic nitrogens is 1. The highest BCUT2D eigenvalue weighted by Crippen LogP contribution is 2.26. The summed E-state index contributed by atoms with van der Waals surface area (Å²) < 4.78 is 0. The molecule has 1 N–H and O–H groups in total. The fourth-order valence-electron chi connectivity index (χ4n) is 2.46. The van der Waals surface area contributed by atoms with Crippen molar-refractivity contribution in [3.63, 3.8) is 0 Å². The van der Waals surface area contributed by atoms with Crippen molar-refractivity contribution < 1.29 is 9.59 Å². The smallest absolute Gasteiger partial charge is 0.270 e. The second kappa shape index (κ2) is 6.66. The molecule has 1 amide bonds. The maximum atomic E-state index is 11.9. The lowest BCUT2D eigenvalue weighted by atomic mass is 9.87. The molecule has 0 bridgehead atoms. The molecule has 0 spiro atoms. The number of rotatable bonds is 4. The second-order valence-corrected chi connectivity index (χ2v) is 5.28.